The summed E-state index contributed by atoms with van der Waals surface area (Å²) in [6, 6.07) is 14.3. The molecule has 1 aliphatic rings. The number of carbonyl (C=O) groups is 1. The summed E-state index contributed by atoms with van der Waals surface area (Å²) in [6.45, 7) is 5.54. The SMILES string of the molecule is CCCCC1(C)CSc2cc(C(=O)OC)c(OC)cc2N(c2ccccc2)C1. The van der Waals surface area contributed by atoms with Gasteiger partial charge in [0, 0.05) is 28.9 Å². The molecule has 0 fully saturated rings. The van der Waals surface area contributed by atoms with Gasteiger partial charge in [0.05, 0.1) is 19.9 Å². The quantitative estimate of drug-likeness (QED) is 0.564. The van der Waals surface area contributed by atoms with Crippen molar-refractivity contribution in [1.82, 2.24) is 0 Å². The molecule has 2 aromatic carbocycles. The molecule has 5 heteroatoms. The van der Waals surface area contributed by atoms with Crippen LogP contribution in [-0.4, -0.2) is 32.5 Å². The summed E-state index contributed by atoms with van der Waals surface area (Å²) in [5.74, 6) is 1.19. The predicted molar refractivity (Wildman–Crippen MR) is 116 cm³/mol. The predicted octanol–water partition coefficient (Wildman–Crippen LogP) is 5.92. The molecule has 28 heavy (non-hydrogen) atoms. The summed E-state index contributed by atoms with van der Waals surface area (Å²) in [5.41, 5.74) is 2.89. The van der Waals surface area contributed by atoms with Crippen molar-refractivity contribution in [2.45, 2.75) is 38.0 Å². The second-order valence-corrected chi connectivity index (χ2v) is 8.65. The summed E-state index contributed by atoms with van der Waals surface area (Å²) in [7, 11) is 2.99. The first-order valence-electron chi connectivity index (χ1n) is 9.77. The number of rotatable bonds is 6. The Balaban J connectivity index is 2.11. The first kappa shape index (κ1) is 20.6. The van der Waals surface area contributed by atoms with Gasteiger partial charge in [0.1, 0.15) is 11.3 Å². The topological polar surface area (TPSA) is 38.8 Å². The molecule has 3 rings (SSSR count). The Kier molecular flexibility index (Phi) is 6.55. The number of benzene rings is 2. The molecule has 0 bridgehead atoms. The first-order chi connectivity index (χ1) is 13.5. The Morgan fingerprint density at radius 3 is 2.61 bits per heavy atom. The Labute approximate surface area is 172 Å². The lowest BCUT2D eigenvalue weighted by molar-refractivity contribution is 0.0597. The number of carbonyl (C=O) groups excluding carboxylic acids is 1. The fourth-order valence-electron chi connectivity index (χ4n) is 3.67. The summed E-state index contributed by atoms with van der Waals surface area (Å²) >= 11 is 1.82. The molecule has 0 aliphatic carbocycles. The highest BCUT2D eigenvalue weighted by atomic mass is 32.2. The van der Waals surface area contributed by atoms with Crippen LogP contribution in [0.1, 0.15) is 43.5 Å². The molecule has 1 heterocycles. The van der Waals surface area contributed by atoms with Crippen LogP contribution in [0.25, 0.3) is 0 Å². The number of unbranched alkanes of at least 4 members (excludes halogenated alkanes) is 1. The van der Waals surface area contributed by atoms with E-state index in [-0.39, 0.29) is 11.4 Å². The van der Waals surface area contributed by atoms with Gasteiger partial charge in [-0.25, -0.2) is 4.79 Å². The Morgan fingerprint density at radius 2 is 1.96 bits per heavy atom. The van der Waals surface area contributed by atoms with Crippen molar-refractivity contribution in [2.24, 2.45) is 5.41 Å². The van der Waals surface area contributed by atoms with Gasteiger partial charge < -0.3 is 14.4 Å². The van der Waals surface area contributed by atoms with Crippen LogP contribution in [0.3, 0.4) is 0 Å². The summed E-state index contributed by atoms with van der Waals surface area (Å²) in [5, 5.41) is 0. The standard InChI is InChI=1S/C23H29NO3S/c1-5-6-12-23(2)15-24(17-10-8-7-9-11-17)19-14-20(26-3)18(22(25)27-4)13-21(19)28-16-23/h7-11,13-14H,5-6,12,15-16H2,1-4H3. The maximum Gasteiger partial charge on any atom is 0.341 e. The van der Waals surface area contributed by atoms with Crippen molar-refractivity contribution in [1.29, 1.82) is 0 Å². The second kappa shape index (κ2) is 8.91. The summed E-state index contributed by atoms with van der Waals surface area (Å²) in [4.78, 5) is 15.7. The maximum absolute atomic E-state index is 12.3. The summed E-state index contributed by atoms with van der Waals surface area (Å²) < 4.78 is 10.5. The fourth-order valence-corrected chi connectivity index (χ4v) is 4.93. The van der Waals surface area contributed by atoms with Gasteiger partial charge in [-0.1, -0.05) is 44.9 Å². The molecule has 0 saturated heterocycles. The van der Waals surface area contributed by atoms with Crippen molar-refractivity contribution in [3.05, 3.63) is 48.0 Å². The minimum Gasteiger partial charge on any atom is -0.496 e. The lowest BCUT2D eigenvalue weighted by Gasteiger charge is -2.34. The van der Waals surface area contributed by atoms with Crippen LogP contribution in [0.4, 0.5) is 11.4 Å². The highest BCUT2D eigenvalue weighted by Crippen LogP contribution is 2.47. The largest absolute Gasteiger partial charge is 0.496 e. The molecule has 0 N–H and O–H groups in total. The number of esters is 1. The smallest absolute Gasteiger partial charge is 0.341 e. The molecular weight excluding hydrogens is 370 g/mol. The number of fused-ring (bicyclic) bond motifs is 1. The number of hydrogen-bond acceptors (Lipinski definition) is 5. The molecule has 1 atom stereocenters. The van der Waals surface area contributed by atoms with Gasteiger partial charge in [-0.05, 0) is 30.0 Å². The normalized spacial score (nSPS) is 18.9. The zero-order chi connectivity index (χ0) is 20.1. The fraction of sp³-hybridized carbons (Fsp3) is 0.435. The van der Waals surface area contributed by atoms with Crippen molar-refractivity contribution in [3.63, 3.8) is 0 Å². The number of hydrogen-bond donors (Lipinski definition) is 0. The van der Waals surface area contributed by atoms with Gasteiger partial charge in [0.2, 0.25) is 0 Å². The monoisotopic (exact) mass is 399 g/mol. The van der Waals surface area contributed by atoms with Gasteiger partial charge in [0.15, 0.2) is 0 Å². The van der Waals surface area contributed by atoms with Crippen LogP contribution >= 0.6 is 11.8 Å². The zero-order valence-corrected chi connectivity index (χ0v) is 18.0. The summed E-state index contributed by atoms with van der Waals surface area (Å²) in [6.07, 6.45) is 3.58. The van der Waals surface area contributed by atoms with Crippen LogP contribution in [0.5, 0.6) is 5.75 Å². The van der Waals surface area contributed by atoms with E-state index in [1.807, 2.05) is 30.0 Å². The van der Waals surface area contributed by atoms with Crippen molar-refractivity contribution in [2.75, 3.05) is 31.4 Å². The number of nitrogens with zero attached hydrogens (tertiary/aromatic N) is 1. The third-order valence-corrected chi connectivity index (χ3v) is 6.77. The Hall–Kier alpha value is -2.14. The van der Waals surface area contributed by atoms with Crippen LogP contribution in [0.2, 0.25) is 0 Å². The van der Waals surface area contributed by atoms with E-state index in [2.05, 4.69) is 43.0 Å². The van der Waals surface area contributed by atoms with E-state index in [1.165, 1.54) is 26.4 Å². The van der Waals surface area contributed by atoms with Crippen LogP contribution < -0.4 is 9.64 Å². The third-order valence-electron chi connectivity index (χ3n) is 5.29. The van der Waals surface area contributed by atoms with E-state index in [1.54, 1.807) is 7.11 Å². The highest BCUT2D eigenvalue weighted by Gasteiger charge is 2.33. The van der Waals surface area contributed by atoms with Crippen molar-refractivity contribution in [3.8, 4) is 5.75 Å². The van der Waals surface area contributed by atoms with E-state index >= 15 is 0 Å². The molecule has 1 aliphatic heterocycles. The Bertz CT molecular complexity index is 824. The van der Waals surface area contributed by atoms with Crippen molar-refractivity contribution < 1.29 is 14.3 Å². The molecule has 150 valence electrons. The second-order valence-electron chi connectivity index (χ2n) is 7.64. The molecular formula is C23H29NO3S. The van der Waals surface area contributed by atoms with E-state index in [9.17, 15) is 4.79 Å². The highest BCUT2D eigenvalue weighted by molar-refractivity contribution is 7.99. The van der Waals surface area contributed by atoms with Gasteiger partial charge in [0.25, 0.3) is 0 Å². The molecule has 4 nitrogen and oxygen atoms in total. The number of ether oxygens (including phenoxy) is 2. The Morgan fingerprint density at radius 1 is 1.21 bits per heavy atom. The van der Waals surface area contributed by atoms with Gasteiger partial charge in [-0.2, -0.15) is 0 Å². The third kappa shape index (κ3) is 4.30. The van der Waals surface area contributed by atoms with Crippen LogP contribution in [0, 0.1) is 5.41 Å². The van der Waals surface area contributed by atoms with Gasteiger partial charge in [-0.15, -0.1) is 11.8 Å². The van der Waals surface area contributed by atoms with Crippen LogP contribution in [0.15, 0.2) is 47.4 Å². The lowest BCUT2D eigenvalue weighted by Crippen LogP contribution is -2.33. The molecule has 0 aromatic heterocycles. The average Bonchev–Trinajstić information content (AvgIpc) is 2.88. The average molecular weight is 400 g/mol. The van der Waals surface area contributed by atoms with E-state index < -0.39 is 0 Å². The number of thioether (sulfide) groups is 1. The zero-order valence-electron chi connectivity index (χ0n) is 17.2. The molecule has 1 unspecified atom stereocenters. The maximum atomic E-state index is 12.3. The van der Waals surface area contributed by atoms with Crippen LogP contribution in [-0.2, 0) is 4.74 Å². The number of methoxy groups -OCH3 is 2. The molecule has 0 spiro atoms. The van der Waals surface area contributed by atoms with E-state index in [0.29, 0.717) is 11.3 Å². The number of para-hydroxylation sites is 1. The van der Waals surface area contributed by atoms with E-state index in [4.69, 9.17) is 9.47 Å². The molecule has 2 aromatic rings. The van der Waals surface area contributed by atoms with E-state index in [0.717, 1.165) is 28.6 Å². The minimum atomic E-state index is -0.371. The van der Waals surface area contributed by atoms with Gasteiger partial charge >= 0.3 is 5.97 Å². The lowest BCUT2D eigenvalue weighted by atomic mass is 9.86. The first-order valence-corrected chi connectivity index (χ1v) is 10.8. The molecule has 0 amide bonds. The minimum absolute atomic E-state index is 0.175. The molecule has 0 radical (unpaired) electrons. The van der Waals surface area contributed by atoms with Gasteiger partial charge in [-0.3, -0.25) is 0 Å². The van der Waals surface area contributed by atoms with Crippen molar-refractivity contribution >= 4 is 29.1 Å². The number of anilines is 2. The molecule has 0 saturated carbocycles.